The number of fused-ring (bicyclic) bond motifs is 1. The maximum Gasteiger partial charge on any atom is 0.296 e. The maximum atomic E-state index is 11.4. The largest absolute Gasteiger partial charge is 0.481 e. The molecule has 8 heteroatoms. The van der Waals surface area contributed by atoms with Crippen molar-refractivity contribution in [3.8, 4) is 5.75 Å². The molecule has 1 saturated carbocycles. The summed E-state index contributed by atoms with van der Waals surface area (Å²) < 4.78 is 5.21. The van der Waals surface area contributed by atoms with Gasteiger partial charge in [-0.15, -0.1) is 0 Å². The molecule has 1 heterocycles. The summed E-state index contributed by atoms with van der Waals surface area (Å²) in [5.74, 6) is 0.00669. The molecule has 2 aliphatic rings. The molecule has 1 aromatic carbocycles. The zero-order valence-electron chi connectivity index (χ0n) is 11.2. The topological polar surface area (TPSA) is 105 Å². The summed E-state index contributed by atoms with van der Waals surface area (Å²) in [6.07, 6.45) is 1.88. The molecule has 0 atom stereocenters. The van der Waals surface area contributed by atoms with Crippen molar-refractivity contribution >= 4 is 23.0 Å². The quantitative estimate of drug-likeness (QED) is 0.617. The fraction of sp³-hybridized carbons (Fsp3) is 0.462. The molecule has 0 bridgehead atoms. The van der Waals surface area contributed by atoms with Gasteiger partial charge in [-0.25, -0.2) is 0 Å². The number of carbonyl (C=O) groups excluding carboxylic acids is 1. The van der Waals surface area contributed by atoms with Crippen molar-refractivity contribution in [2.45, 2.75) is 18.9 Å². The number of nitro groups is 1. The van der Waals surface area contributed by atoms with E-state index in [1.54, 1.807) is 6.07 Å². The number of amides is 1. The van der Waals surface area contributed by atoms with E-state index in [2.05, 4.69) is 5.32 Å². The number of ether oxygens (including phenoxy) is 1. The predicted molar refractivity (Wildman–Crippen MR) is 74.7 cm³/mol. The number of aliphatic hydroxyl groups excluding tert-OH is 1. The van der Waals surface area contributed by atoms with E-state index >= 15 is 0 Å². The second-order valence-electron chi connectivity index (χ2n) is 5.08. The van der Waals surface area contributed by atoms with Crippen molar-refractivity contribution in [1.82, 2.24) is 0 Å². The molecule has 8 nitrogen and oxygen atoms in total. The van der Waals surface area contributed by atoms with Crippen molar-refractivity contribution in [1.29, 1.82) is 0 Å². The predicted octanol–water partition coefficient (Wildman–Crippen LogP) is 0.887. The van der Waals surface area contributed by atoms with Gasteiger partial charge in [-0.2, -0.15) is 0 Å². The first-order valence-corrected chi connectivity index (χ1v) is 6.72. The van der Waals surface area contributed by atoms with E-state index in [9.17, 15) is 20.0 Å². The van der Waals surface area contributed by atoms with Crippen LogP contribution in [0.1, 0.15) is 12.8 Å². The van der Waals surface area contributed by atoms with Crippen molar-refractivity contribution in [3.63, 3.8) is 0 Å². The molecule has 3 rings (SSSR count). The first-order valence-electron chi connectivity index (χ1n) is 6.72. The van der Waals surface area contributed by atoms with Crippen LogP contribution in [0.5, 0.6) is 5.75 Å². The molecule has 0 saturated heterocycles. The van der Waals surface area contributed by atoms with E-state index in [4.69, 9.17) is 4.74 Å². The first-order chi connectivity index (χ1) is 10.1. The van der Waals surface area contributed by atoms with Crippen LogP contribution in [0.2, 0.25) is 0 Å². The van der Waals surface area contributed by atoms with Crippen molar-refractivity contribution in [2.75, 3.05) is 30.0 Å². The summed E-state index contributed by atoms with van der Waals surface area (Å²) in [5, 5.41) is 23.1. The van der Waals surface area contributed by atoms with Gasteiger partial charge in [0.25, 0.3) is 11.6 Å². The number of hydrogen-bond acceptors (Lipinski definition) is 6. The molecule has 0 spiro atoms. The van der Waals surface area contributed by atoms with Gasteiger partial charge in [0.15, 0.2) is 12.4 Å². The summed E-state index contributed by atoms with van der Waals surface area (Å²) in [7, 11) is 0. The van der Waals surface area contributed by atoms with Crippen molar-refractivity contribution in [2.24, 2.45) is 0 Å². The molecule has 112 valence electrons. The third-order valence-electron chi connectivity index (χ3n) is 3.54. The first kappa shape index (κ1) is 13.6. The molecule has 21 heavy (non-hydrogen) atoms. The number of aliphatic hydroxyl groups is 1. The van der Waals surface area contributed by atoms with E-state index in [1.165, 1.54) is 6.07 Å². The summed E-state index contributed by atoms with van der Waals surface area (Å²) in [4.78, 5) is 24.0. The molecule has 2 N–H and O–H groups in total. The van der Waals surface area contributed by atoms with Gasteiger partial charge in [0.05, 0.1) is 23.3 Å². The Bertz CT molecular complexity index is 600. The fourth-order valence-corrected chi connectivity index (χ4v) is 2.47. The second-order valence-corrected chi connectivity index (χ2v) is 5.08. The van der Waals surface area contributed by atoms with Crippen LogP contribution in [0.4, 0.5) is 17.1 Å². The Labute approximate surface area is 120 Å². The third kappa shape index (κ3) is 2.62. The molecule has 1 aromatic rings. The smallest absolute Gasteiger partial charge is 0.296 e. The fourth-order valence-electron chi connectivity index (χ4n) is 2.47. The van der Waals surface area contributed by atoms with E-state index in [0.717, 1.165) is 12.8 Å². The minimum Gasteiger partial charge on any atom is -0.481 e. The standard InChI is InChI=1S/C13H15N3O5/c17-4-3-15(8-1-2-8)10-5-9-12(6-11(10)16(19)20)21-7-13(18)14-9/h5-6,8,17H,1-4,7H2,(H,14,18). The maximum absolute atomic E-state index is 11.4. The SMILES string of the molecule is O=C1COc2cc([N+](=O)[O-])c(N(CCO)C3CC3)cc2N1. The zero-order valence-corrected chi connectivity index (χ0v) is 11.2. The van der Waals surface area contributed by atoms with Gasteiger partial charge < -0.3 is 20.1 Å². The lowest BCUT2D eigenvalue weighted by Crippen LogP contribution is -2.30. The highest BCUT2D eigenvalue weighted by Gasteiger charge is 2.34. The van der Waals surface area contributed by atoms with Gasteiger partial charge in [0.2, 0.25) is 0 Å². The number of carbonyl (C=O) groups is 1. The highest BCUT2D eigenvalue weighted by molar-refractivity contribution is 5.97. The number of hydrogen-bond donors (Lipinski definition) is 2. The lowest BCUT2D eigenvalue weighted by molar-refractivity contribution is -0.384. The van der Waals surface area contributed by atoms with Crippen LogP contribution in [0.15, 0.2) is 12.1 Å². The minimum absolute atomic E-state index is 0.0785. The number of anilines is 2. The van der Waals surface area contributed by atoms with Gasteiger partial charge in [0.1, 0.15) is 5.69 Å². The highest BCUT2D eigenvalue weighted by atomic mass is 16.6. The Hall–Kier alpha value is -2.35. The monoisotopic (exact) mass is 293 g/mol. The van der Waals surface area contributed by atoms with Crippen molar-refractivity contribution < 1.29 is 19.6 Å². The van der Waals surface area contributed by atoms with Crippen LogP contribution >= 0.6 is 0 Å². The lowest BCUT2D eigenvalue weighted by Gasteiger charge is -2.26. The van der Waals surface area contributed by atoms with E-state index in [0.29, 0.717) is 23.7 Å². The van der Waals surface area contributed by atoms with Gasteiger partial charge in [0, 0.05) is 12.6 Å². The summed E-state index contributed by atoms with van der Waals surface area (Å²) in [6.45, 7) is 0.0825. The summed E-state index contributed by atoms with van der Waals surface area (Å²) in [6, 6.07) is 3.09. The molecule has 1 aliphatic heterocycles. The van der Waals surface area contributed by atoms with Crippen LogP contribution < -0.4 is 15.0 Å². The average Bonchev–Trinajstić information content (AvgIpc) is 3.27. The van der Waals surface area contributed by atoms with E-state index in [1.807, 2.05) is 4.90 Å². The van der Waals surface area contributed by atoms with Gasteiger partial charge in [-0.05, 0) is 18.9 Å². The van der Waals surface area contributed by atoms with E-state index < -0.39 is 4.92 Å². The molecule has 0 aromatic heterocycles. The lowest BCUT2D eigenvalue weighted by atomic mass is 10.1. The Kier molecular flexibility index (Phi) is 3.38. The Morgan fingerprint density at radius 3 is 2.86 bits per heavy atom. The number of benzene rings is 1. The molecule has 0 radical (unpaired) electrons. The van der Waals surface area contributed by atoms with Crippen LogP contribution in [0.25, 0.3) is 0 Å². The Morgan fingerprint density at radius 1 is 1.48 bits per heavy atom. The van der Waals surface area contributed by atoms with Crippen LogP contribution in [-0.2, 0) is 4.79 Å². The number of nitrogens with zero attached hydrogens (tertiary/aromatic N) is 2. The molecular weight excluding hydrogens is 278 g/mol. The molecule has 1 fully saturated rings. The number of nitro benzene ring substituents is 1. The number of nitrogens with one attached hydrogen (secondary N) is 1. The third-order valence-corrected chi connectivity index (χ3v) is 3.54. The highest BCUT2D eigenvalue weighted by Crippen LogP contribution is 2.42. The minimum atomic E-state index is -0.470. The Balaban J connectivity index is 2.05. The van der Waals surface area contributed by atoms with Gasteiger partial charge >= 0.3 is 0 Å². The second kappa shape index (κ2) is 5.21. The Morgan fingerprint density at radius 2 is 2.24 bits per heavy atom. The van der Waals surface area contributed by atoms with Crippen molar-refractivity contribution in [3.05, 3.63) is 22.2 Å². The summed E-state index contributed by atoms with van der Waals surface area (Å²) >= 11 is 0. The summed E-state index contributed by atoms with van der Waals surface area (Å²) in [5.41, 5.74) is 0.752. The molecule has 1 amide bonds. The van der Waals surface area contributed by atoms with Crippen LogP contribution in [0.3, 0.4) is 0 Å². The van der Waals surface area contributed by atoms with E-state index in [-0.39, 0.29) is 30.9 Å². The van der Waals surface area contributed by atoms with Gasteiger partial charge in [-0.1, -0.05) is 0 Å². The van der Waals surface area contributed by atoms with Crippen LogP contribution in [0, 0.1) is 10.1 Å². The zero-order chi connectivity index (χ0) is 15.0. The molecular formula is C13H15N3O5. The van der Waals surface area contributed by atoms with Crippen LogP contribution in [-0.4, -0.2) is 41.7 Å². The van der Waals surface area contributed by atoms with Gasteiger partial charge in [-0.3, -0.25) is 14.9 Å². The molecule has 0 unspecified atom stereocenters. The average molecular weight is 293 g/mol. The molecule has 1 aliphatic carbocycles. The normalized spacial score (nSPS) is 16.7. The number of rotatable bonds is 5.